The van der Waals surface area contributed by atoms with E-state index in [1.165, 1.54) is 18.5 Å². The van der Waals surface area contributed by atoms with Crippen molar-refractivity contribution in [2.75, 3.05) is 6.61 Å². The summed E-state index contributed by atoms with van der Waals surface area (Å²) in [7, 11) is -1.57. The van der Waals surface area contributed by atoms with Crippen molar-refractivity contribution in [3.63, 3.8) is 0 Å². The number of pyridine rings is 1. The second-order valence-electron chi connectivity index (χ2n) is 4.77. The summed E-state index contributed by atoms with van der Waals surface area (Å²) in [5, 5.41) is 18.9. The lowest BCUT2D eigenvalue weighted by Crippen LogP contribution is -2.30. The molecule has 5 nitrogen and oxygen atoms in total. The molecule has 0 atom stereocenters. The van der Waals surface area contributed by atoms with Crippen LogP contribution < -0.4 is 14.9 Å². The topological polar surface area (TPSA) is 71.8 Å². The quantitative estimate of drug-likeness (QED) is 0.822. The average molecular weight is 306 g/mol. The average Bonchev–Trinajstić information content (AvgIpc) is 2.93. The van der Waals surface area contributed by atoms with Crippen molar-refractivity contribution in [3.05, 3.63) is 46.7 Å². The van der Waals surface area contributed by atoms with Crippen LogP contribution >= 0.6 is 11.6 Å². The molecule has 0 amide bonds. The molecule has 1 aromatic heterocycles. The molecule has 1 aliphatic rings. The van der Waals surface area contributed by atoms with Crippen molar-refractivity contribution in [1.29, 1.82) is 0 Å². The van der Waals surface area contributed by atoms with Crippen molar-refractivity contribution in [3.8, 4) is 11.5 Å². The molecule has 0 spiro atoms. The van der Waals surface area contributed by atoms with Crippen LogP contribution in [0.2, 0.25) is 5.02 Å². The second-order valence-corrected chi connectivity index (χ2v) is 5.20. The first-order chi connectivity index (χ1) is 10.1. The second kappa shape index (κ2) is 5.93. The Hall–Kier alpha value is -1.76. The lowest BCUT2D eigenvalue weighted by atomic mass is 9.82. The summed E-state index contributed by atoms with van der Waals surface area (Å²) in [4.78, 5) is 3.91. The van der Waals surface area contributed by atoms with Crippen LogP contribution in [-0.2, 0) is 13.0 Å². The van der Waals surface area contributed by atoms with Crippen LogP contribution in [0, 0.1) is 0 Å². The fourth-order valence-electron chi connectivity index (χ4n) is 2.27. The van der Waals surface area contributed by atoms with Crippen molar-refractivity contribution in [2.45, 2.75) is 13.0 Å². The minimum Gasteiger partial charge on any atom is -0.493 e. The molecule has 0 saturated heterocycles. The molecule has 1 aromatic carbocycles. The van der Waals surface area contributed by atoms with Crippen LogP contribution in [0.15, 0.2) is 30.6 Å². The number of aromatic nitrogens is 1. The van der Waals surface area contributed by atoms with E-state index >= 15 is 0 Å². The van der Waals surface area contributed by atoms with Gasteiger partial charge in [-0.3, -0.25) is 4.98 Å². The number of hydrogen-bond acceptors (Lipinski definition) is 5. The fourth-order valence-corrected chi connectivity index (χ4v) is 2.53. The molecule has 0 unspecified atom stereocenters. The third kappa shape index (κ3) is 3.13. The molecule has 2 N–H and O–H groups in total. The Balaban J connectivity index is 1.78. The van der Waals surface area contributed by atoms with Crippen molar-refractivity contribution in [1.82, 2.24) is 4.98 Å². The van der Waals surface area contributed by atoms with E-state index in [-0.39, 0.29) is 12.1 Å². The van der Waals surface area contributed by atoms with E-state index in [4.69, 9.17) is 31.1 Å². The monoisotopic (exact) mass is 305 g/mol. The molecule has 0 aliphatic carbocycles. The highest BCUT2D eigenvalue weighted by Gasteiger charge is 2.18. The summed E-state index contributed by atoms with van der Waals surface area (Å²) < 4.78 is 11.2. The Labute approximate surface area is 127 Å². The molecule has 3 rings (SSSR count). The van der Waals surface area contributed by atoms with Gasteiger partial charge in [-0.05, 0) is 23.8 Å². The van der Waals surface area contributed by atoms with Gasteiger partial charge in [0, 0.05) is 28.7 Å². The number of fused-ring (bicyclic) bond motifs is 1. The predicted octanol–water partition coefficient (Wildman–Crippen LogP) is 0.929. The first-order valence-corrected chi connectivity index (χ1v) is 6.89. The zero-order chi connectivity index (χ0) is 14.8. The molecule has 21 heavy (non-hydrogen) atoms. The van der Waals surface area contributed by atoms with E-state index in [1.807, 2.05) is 12.1 Å². The first-order valence-electron chi connectivity index (χ1n) is 6.51. The normalized spacial score (nSPS) is 12.7. The summed E-state index contributed by atoms with van der Waals surface area (Å²) in [5.74, 6) is 1.28. The van der Waals surface area contributed by atoms with Crippen LogP contribution in [0.1, 0.15) is 11.1 Å². The highest BCUT2D eigenvalue weighted by Crippen LogP contribution is 2.33. The van der Waals surface area contributed by atoms with Gasteiger partial charge in [-0.1, -0.05) is 11.6 Å². The number of nitrogens with zero attached hydrogens (tertiary/aromatic N) is 1. The third-order valence-corrected chi connectivity index (χ3v) is 3.47. The van der Waals surface area contributed by atoms with Crippen molar-refractivity contribution in [2.24, 2.45) is 0 Å². The Bertz CT molecular complexity index is 665. The van der Waals surface area contributed by atoms with E-state index in [1.54, 1.807) is 0 Å². The summed E-state index contributed by atoms with van der Waals surface area (Å²) >= 11 is 6.09. The summed E-state index contributed by atoms with van der Waals surface area (Å²) in [6.07, 6.45) is 3.73. The molecule has 108 valence electrons. The first kappa shape index (κ1) is 14.2. The minimum absolute atomic E-state index is 0.273. The van der Waals surface area contributed by atoms with E-state index < -0.39 is 7.12 Å². The molecule has 2 heterocycles. The SMILES string of the molecule is OB(O)c1cncc(OCc2cc(Cl)cc3c2OCC3)c1. The van der Waals surface area contributed by atoms with E-state index in [0.717, 1.165) is 23.3 Å². The zero-order valence-corrected chi connectivity index (χ0v) is 11.9. The van der Waals surface area contributed by atoms with Crippen LogP contribution in [-0.4, -0.2) is 28.8 Å². The zero-order valence-electron chi connectivity index (χ0n) is 11.1. The highest BCUT2D eigenvalue weighted by molar-refractivity contribution is 6.58. The Morgan fingerprint density at radius 1 is 1.29 bits per heavy atom. The maximum atomic E-state index is 9.12. The minimum atomic E-state index is -1.57. The summed E-state index contributed by atoms with van der Waals surface area (Å²) in [5.41, 5.74) is 2.23. The van der Waals surface area contributed by atoms with Gasteiger partial charge in [0.2, 0.25) is 0 Å². The maximum Gasteiger partial charge on any atom is 0.490 e. The van der Waals surface area contributed by atoms with Gasteiger partial charge in [-0.25, -0.2) is 0 Å². The number of rotatable bonds is 4. The molecular weight excluding hydrogens is 292 g/mol. The molecule has 0 radical (unpaired) electrons. The molecule has 7 heteroatoms. The van der Waals surface area contributed by atoms with Crippen LogP contribution in [0.3, 0.4) is 0 Å². The number of benzene rings is 1. The molecular formula is C14H13BClNO4. The Morgan fingerprint density at radius 3 is 2.95 bits per heavy atom. The fraction of sp³-hybridized carbons (Fsp3) is 0.214. The van der Waals surface area contributed by atoms with E-state index in [0.29, 0.717) is 17.4 Å². The largest absolute Gasteiger partial charge is 0.493 e. The van der Waals surface area contributed by atoms with Gasteiger partial charge in [-0.2, -0.15) is 0 Å². The summed E-state index contributed by atoms with van der Waals surface area (Å²) in [6.45, 7) is 0.923. The lowest BCUT2D eigenvalue weighted by molar-refractivity contribution is 0.291. The molecule has 2 aromatic rings. The maximum absolute atomic E-state index is 9.12. The van der Waals surface area contributed by atoms with Gasteiger partial charge in [0.1, 0.15) is 18.1 Å². The summed E-state index contributed by atoms with van der Waals surface area (Å²) in [6, 6.07) is 5.24. The molecule has 0 bridgehead atoms. The van der Waals surface area contributed by atoms with Gasteiger partial charge in [0.05, 0.1) is 12.8 Å². The van der Waals surface area contributed by atoms with Gasteiger partial charge in [0.25, 0.3) is 0 Å². The van der Waals surface area contributed by atoms with E-state index in [2.05, 4.69) is 4.98 Å². The number of ether oxygens (including phenoxy) is 2. The van der Waals surface area contributed by atoms with Crippen LogP contribution in [0.4, 0.5) is 0 Å². The van der Waals surface area contributed by atoms with Crippen LogP contribution in [0.25, 0.3) is 0 Å². The molecule has 1 aliphatic heterocycles. The standard InChI is InChI=1S/C14H13BClNO4/c16-12-3-9-1-2-20-14(9)10(4-12)8-21-13-5-11(15(18)19)6-17-7-13/h3-7,18-19H,1-2,8H2. The Kier molecular flexibility index (Phi) is 4.01. The number of hydrogen-bond donors (Lipinski definition) is 2. The van der Waals surface area contributed by atoms with Gasteiger partial charge >= 0.3 is 7.12 Å². The smallest absolute Gasteiger partial charge is 0.490 e. The van der Waals surface area contributed by atoms with Gasteiger partial charge < -0.3 is 19.5 Å². The Morgan fingerprint density at radius 2 is 2.14 bits per heavy atom. The third-order valence-electron chi connectivity index (χ3n) is 3.25. The van der Waals surface area contributed by atoms with Crippen molar-refractivity contribution < 1.29 is 19.5 Å². The predicted molar refractivity (Wildman–Crippen MR) is 79.0 cm³/mol. The lowest BCUT2D eigenvalue weighted by Gasteiger charge is -2.11. The van der Waals surface area contributed by atoms with Crippen molar-refractivity contribution >= 4 is 24.2 Å². The van der Waals surface area contributed by atoms with Crippen LogP contribution in [0.5, 0.6) is 11.5 Å². The van der Waals surface area contributed by atoms with Gasteiger partial charge in [-0.15, -0.1) is 0 Å². The molecule has 0 saturated carbocycles. The number of halogens is 1. The van der Waals surface area contributed by atoms with Gasteiger partial charge in [0.15, 0.2) is 0 Å². The highest BCUT2D eigenvalue weighted by atomic mass is 35.5. The molecule has 0 fully saturated rings. The van der Waals surface area contributed by atoms with E-state index in [9.17, 15) is 0 Å².